The first-order valence-electron chi connectivity index (χ1n) is 6.66. The van der Waals surface area contributed by atoms with Gasteiger partial charge >= 0.3 is 0 Å². The highest BCUT2D eigenvalue weighted by molar-refractivity contribution is 7.89. The van der Waals surface area contributed by atoms with Crippen molar-refractivity contribution in [2.45, 2.75) is 38.3 Å². The fourth-order valence-corrected chi connectivity index (χ4v) is 5.63. The van der Waals surface area contributed by atoms with Gasteiger partial charge in [0.1, 0.15) is 5.51 Å². The molecule has 0 aliphatic carbocycles. The van der Waals surface area contributed by atoms with Crippen LogP contribution >= 0.6 is 11.3 Å². The molecule has 0 radical (unpaired) electrons. The van der Waals surface area contributed by atoms with Crippen molar-refractivity contribution in [1.82, 2.24) is 14.5 Å². The number of fused-ring (bicyclic) bond motifs is 1. The maximum Gasteiger partial charge on any atom is 0.214 e. The molecule has 0 aromatic carbocycles. The molecule has 8 heteroatoms. The zero-order chi connectivity index (χ0) is 13.5. The molecule has 6 nitrogen and oxygen atoms in total. The van der Waals surface area contributed by atoms with E-state index in [1.807, 2.05) is 6.92 Å². The van der Waals surface area contributed by atoms with E-state index in [0.717, 1.165) is 24.5 Å². The van der Waals surface area contributed by atoms with E-state index < -0.39 is 10.0 Å². The van der Waals surface area contributed by atoms with Gasteiger partial charge in [0.2, 0.25) is 15.2 Å². The summed E-state index contributed by atoms with van der Waals surface area (Å²) in [6.45, 7) is 3.43. The number of anilines is 1. The van der Waals surface area contributed by atoms with Crippen LogP contribution in [0, 0.1) is 0 Å². The van der Waals surface area contributed by atoms with Crippen molar-refractivity contribution in [2.24, 2.45) is 0 Å². The number of aromatic nitrogens is 2. The standard InChI is InChI=1S/C11H18N4O2S2/c1-2-7-19(16,17)15-6-4-9-10(15)3-5-14(9)11-13-12-8-18-11/h8-10H,2-7H2,1H3/t9-,10-/m0/s1. The van der Waals surface area contributed by atoms with E-state index in [1.54, 1.807) is 9.82 Å². The normalized spacial score (nSPS) is 27.9. The molecule has 2 aliphatic rings. The largest absolute Gasteiger partial charge is 0.342 e. The van der Waals surface area contributed by atoms with Gasteiger partial charge in [-0.15, -0.1) is 10.2 Å². The Hall–Kier alpha value is -0.730. The van der Waals surface area contributed by atoms with Gasteiger partial charge in [0.15, 0.2) is 0 Å². The Morgan fingerprint density at radius 1 is 1.37 bits per heavy atom. The van der Waals surface area contributed by atoms with Crippen molar-refractivity contribution in [2.75, 3.05) is 23.7 Å². The van der Waals surface area contributed by atoms with Gasteiger partial charge in [-0.2, -0.15) is 4.31 Å². The third kappa shape index (κ3) is 2.25. The molecule has 0 N–H and O–H groups in total. The lowest BCUT2D eigenvalue weighted by atomic mass is 10.1. The summed E-state index contributed by atoms with van der Waals surface area (Å²) in [4.78, 5) is 2.23. The molecule has 0 bridgehead atoms. The summed E-state index contributed by atoms with van der Waals surface area (Å²) in [7, 11) is -3.08. The molecule has 2 saturated heterocycles. The summed E-state index contributed by atoms with van der Waals surface area (Å²) < 4.78 is 26.2. The van der Waals surface area contributed by atoms with Gasteiger partial charge in [0.05, 0.1) is 5.75 Å². The lowest BCUT2D eigenvalue weighted by Gasteiger charge is -2.24. The fourth-order valence-electron chi connectivity index (χ4n) is 3.20. The summed E-state index contributed by atoms with van der Waals surface area (Å²) >= 11 is 1.52. The van der Waals surface area contributed by atoms with Crippen LogP contribution < -0.4 is 4.90 Å². The van der Waals surface area contributed by atoms with Gasteiger partial charge in [-0.1, -0.05) is 18.3 Å². The van der Waals surface area contributed by atoms with E-state index in [1.165, 1.54) is 11.3 Å². The first kappa shape index (κ1) is 13.3. The molecule has 2 aliphatic heterocycles. The van der Waals surface area contributed by atoms with E-state index in [-0.39, 0.29) is 17.8 Å². The minimum Gasteiger partial charge on any atom is -0.342 e. The van der Waals surface area contributed by atoms with Crippen LogP contribution in [0.25, 0.3) is 0 Å². The lowest BCUT2D eigenvalue weighted by molar-refractivity contribution is 0.388. The van der Waals surface area contributed by atoms with Crippen LogP contribution in [0.15, 0.2) is 5.51 Å². The highest BCUT2D eigenvalue weighted by Gasteiger charge is 2.47. The maximum absolute atomic E-state index is 12.3. The average molecular weight is 302 g/mol. The van der Waals surface area contributed by atoms with Gasteiger partial charge in [-0.05, 0) is 19.3 Å². The summed E-state index contributed by atoms with van der Waals surface area (Å²) in [6.07, 6.45) is 2.47. The quantitative estimate of drug-likeness (QED) is 0.828. The molecule has 19 heavy (non-hydrogen) atoms. The molecular formula is C11H18N4O2S2. The highest BCUT2D eigenvalue weighted by atomic mass is 32.2. The van der Waals surface area contributed by atoms with Crippen molar-refractivity contribution in [1.29, 1.82) is 0 Å². The minimum absolute atomic E-state index is 0.125. The fraction of sp³-hybridized carbons (Fsp3) is 0.818. The second kappa shape index (κ2) is 4.99. The van der Waals surface area contributed by atoms with Crippen molar-refractivity contribution < 1.29 is 8.42 Å². The Bertz CT molecular complexity index is 531. The van der Waals surface area contributed by atoms with E-state index in [4.69, 9.17) is 0 Å². The topological polar surface area (TPSA) is 66.4 Å². The second-order valence-electron chi connectivity index (χ2n) is 5.05. The monoisotopic (exact) mass is 302 g/mol. The Balaban J connectivity index is 1.79. The maximum atomic E-state index is 12.3. The van der Waals surface area contributed by atoms with Crippen molar-refractivity contribution in [3.8, 4) is 0 Å². The summed E-state index contributed by atoms with van der Waals surface area (Å²) in [5, 5.41) is 8.90. The van der Waals surface area contributed by atoms with Crippen LogP contribution in [-0.4, -0.2) is 53.8 Å². The van der Waals surface area contributed by atoms with E-state index in [0.29, 0.717) is 13.0 Å². The molecule has 0 spiro atoms. The van der Waals surface area contributed by atoms with Crippen molar-refractivity contribution >= 4 is 26.5 Å². The first-order valence-corrected chi connectivity index (χ1v) is 9.14. The van der Waals surface area contributed by atoms with E-state index in [9.17, 15) is 8.42 Å². The Morgan fingerprint density at radius 3 is 2.84 bits per heavy atom. The second-order valence-corrected chi connectivity index (χ2v) is 7.91. The van der Waals surface area contributed by atoms with Gasteiger partial charge < -0.3 is 4.90 Å². The SMILES string of the molecule is CCCS(=O)(=O)N1CC[C@H]2[C@@H]1CCN2c1nncs1. The van der Waals surface area contributed by atoms with Crippen molar-refractivity contribution in [3.05, 3.63) is 5.51 Å². The molecule has 106 valence electrons. The van der Waals surface area contributed by atoms with Crippen LogP contribution in [0.5, 0.6) is 0 Å². The van der Waals surface area contributed by atoms with Gasteiger partial charge in [0.25, 0.3) is 0 Å². The Morgan fingerprint density at radius 2 is 2.16 bits per heavy atom. The third-order valence-electron chi connectivity index (χ3n) is 3.94. The Labute approximate surface area is 117 Å². The van der Waals surface area contributed by atoms with Crippen LogP contribution in [0.1, 0.15) is 26.2 Å². The third-order valence-corrected chi connectivity index (χ3v) is 6.76. The predicted molar refractivity (Wildman–Crippen MR) is 74.8 cm³/mol. The smallest absolute Gasteiger partial charge is 0.214 e. The minimum atomic E-state index is -3.08. The predicted octanol–water partition coefficient (Wildman–Crippen LogP) is 0.931. The number of rotatable bonds is 4. The van der Waals surface area contributed by atoms with E-state index in [2.05, 4.69) is 15.1 Å². The summed E-state index contributed by atoms with van der Waals surface area (Å²) in [5.41, 5.74) is 1.73. The molecule has 0 amide bonds. The average Bonchev–Trinajstić information content (AvgIpc) is 3.05. The molecule has 0 saturated carbocycles. The molecular weight excluding hydrogens is 284 g/mol. The number of hydrogen-bond acceptors (Lipinski definition) is 6. The van der Waals surface area contributed by atoms with Gasteiger partial charge in [-0.3, -0.25) is 0 Å². The first-order chi connectivity index (χ1) is 9.13. The van der Waals surface area contributed by atoms with Crippen molar-refractivity contribution in [3.63, 3.8) is 0 Å². The molecule has 1 aromatic rings. The molecule has 3 heterocycles. The summed E-state index contributed by atoms with van der Waals surface area (Å²) in [6, 6.07) is 0.403. The van der Waals surface area contributed by atoms with Crippen LogP contribution in [0.2, 0.25) is 0 Å². The van der Waals surface area contributed by atoms with Crippen LogP contribution in [0.4, 0.5) is 5.13 Å². The number of hydrogen-bond donors (Lipinski definition) is 0. The van der Waals surface area contributed by atoms with Crippen LogP contribution in [-0.2, 0) is 10.0 Å². The molecule has 2 fully saturated rings. The van der Waals surface area contributed by atoms with Gasteiger partial charge in [0, 0.05) is 25.2 Å². The molecule has 2 atom stereocenters. The lowest BCUT2D eigenvalue weighted by Crippen LogP contribution is -2.40. The molecule has 3 rings (SSSR count). The molecule has 0 unspecified atom stereocenters. The van der Waals surface area contributed by atoms with Crippen LogP contribution in [0.3, 0.4) is 0 Å². The number of sulfonamides is 1. The van der Waals surface area contributed by atoms with Gasteiger partial charge in [-0.25, -0.2) is 8.42 Å². The van der Waals surface area contributed by atoms with E-state index >= 15 is 0 Å². The zero-order valence-electron chi connectivity index (χ0n) is 10.9. The molecule has 1 aromatic heterocycles. The highest BCUT2D eigenvalue weighted by Crippen LogP contribution is 2.36. The summed E-state index contributed by atoms with van der Waals surface area (Å²) in [5.74, 6) is 0.259. The zero-order valence-corrected chi connectivity index (χ0v) is 12.5. The number of nitrogens with zero attached hydrogens (tertiary/aromatic N) is 4. The Kier molecular flexibility index (Phi) is 3.48.